The molecule has 1 aromatic carbocycles. The van der Waals surface area contributed by atoms with Crippen molar-refractivity contribution >= 4 is 6.09 Å². The van der Waals surface area contributed by atoms with Gasteiger partial charge in [-0.3, -0.25) is 4.90 Å². The van der Waals surface area contributed by atoms with E-state index in [9.17, 15) is 4.79 Å². The molecule has 2 bridgehead atoms. The highest BCUT2D eigenvalue weighted by molar-refractivity contribution is 5.71. The number of nitrogens with zero attached hydrogens (tertiary/aromatic N) is 1. The number of hydrogen-bond acceptors (Lipinski definition) is 2. The van der Waals surface area contributed by atoms with Crippen LogP contribution in [-0.4, -0.2) is 16.6 Å². The minimum absolute atomic E-state index is 0.171. The van der Waals surface area contributed by atoms with Gasteiger partial charge in [-0.2, -0.15) is 0 Å². The first kappa shape index (κ1) is 13.5. The number of carbonyl (C=O) groups excluding carboxylic acids is 1. The lowest BCUT2D eigenvalue weighted by molar-refractivity contribution is -0.00913. The van der Waals surface area contributed by atoms with Crippen molar-refractivity contribution in [1.82, 2.24) is 4.90 Å². The Morgan fingerprint density at radius 2 is 1.85 bits per heavy atom. The van der Waals surface area contributed by atoms with Gasteiger partial charge < -0.3 is 4.74 Å². The first-order valence-electron chi connectivity index (χ1n) is 7.48. The lowest BCUT2D eigenvalue weighted by Gasteiger charge is -2.39. The molecule has 3 unspecified atom stereocenters. The van der Waals surface area contributed by atoms with Gasteiger partial charge in [-0.05, 0) is 50.7 Å². The average Bonchev–Trinajstić information content (AvgIpc) is 2.62. The van der Waals surface area contributed by atoms with Crippen molar-refractivity contribution in [3.63, 3.8) is 0 Å². The summed E-state index contributed by atoms with van der Waals surface area (Å²) in [6.45, 7) is 8.01. The van der Waals surface area contributed by atoms with E-state index in [1.54, 1.807) is 0 Å². The maximum absolute atomic E-state index is 12.6. The molecule has 0 aromatic heterocycles. The van der Waals surface area contributed by atoms with Crippen molar-refractivity contribution in [2.45, 2.75) is 58.2 Å². The minimum atomic E-state index is -0.441. The van der Waals surface area contributed by atoms with Crippen LogP contribution < -0.4 is 0 Å². The fourth-order valence-electron chi connectivity index (χ4n) is 3.59. The predicted octanol–water partition coefficient (Wildman–Crippen LogP) is 4.45. The van der Waals surface area contributed by atoms with Gasteiger partial charge in [0.2, 0.25) is 0 Å². The molecule has 2 aliphatic heterocycles. The standard InChI is InChI=1S/C17H23NO2/c1-11-9-10-14-12-7-5-6-8-13(12)15(11)18(14)16(19)20-17(2,3)4/h5-8,11,14-15H,9-10H2,1-4H3. The van der Waals surface area contributed by atoms with Crippen LogP contribution in [0.4, 0.5) is 4.79 Å². The summed E-state index contributed by atoms with van der Waals surface area (Å²) in [6.07, 6.45) is 2.03. The Morgan fingerprint density at radius 1 is 1.20 bits per heavy atom. The summed E-state index contributed by atoms with van der Waals surface area (Å²) in [6, 6.07) is 8.84. The molecule has 0 N–H and O–H groups in total. The van der Waals surface area contributed by atoms with Gasteiger partial charge in [0.25, 0.3) is 0 Å². The van der Waals surface area contributed by atoms with Crippen LogP contribution in [-0.2, 0) is 4.74 Å². The minimum Gasteiger partial charge on any atom is -0.444 e. The molecule has 0 spiro atoms. The molecule has 0 saturated carbocycles. The normalized spacial score (nSPS) is 28.2. The highest BCUT2D eigenvalue weighted by atomic mass is 16.6. The lowest BCUT2D eigenvalue weighted by Crippen LogP contribution is -2.42. The molecule has 0 radical (unpaired) electrons. The fraction of sp³-hybridized carbons (Fsp3) is 0.588. The van der Waals surface area contributed by atoms with Crippen LogP contribution in [0.1, 0.15) is 63.7 Å². The van der Waals surface area contributed by atoms with E-state index < -0.39 is 5.60 Å². The van der Waals surface area contributed by atoms with E-state index in [1.807, 2.05) is 25.7 Å². The maximum Gasteiger partial charge on any atom is 0.411 e. The number of amides is 1. The smallest absolute Gasteiger partial charge is 0.411 e. The number of fused-ring (bicyclic) bond motifs is 5. The summed E-state index contributed by atoms with van der Waals surface area (Å²) in [7, 11) is 0. The number of rotatable bonds is 0. The van der Waals surface area contributed by atoms with Crippen molar-refractivity contribution < 1.29 is 9.53 Å². The molecule has 3 rings (SSSR count). The van der Waals surface area contributed by atoms with Gasteiger partial charge in [0.15, 0.2) is 0 Å². The maximum atomic E-state index is 12.6. The van der Waals surface area contributed by atoms with Gasteiger partial charge in [-0.1, -0.05) is 31.2 Å². The molecule has 3 atom stereocenters. The Kier molecular flexibility index (Phi) is 3.03. The van der Waals surface area contributed by atoms with Gasteiger partial charge in [0.1, 0.15) is 5.60 Å². The number of piperidine rings is 1. The molecule has 108 valence electrons. The summed E-state index contributed by atoms with van der Waals surface area (Å²) in [4.78, 5) is 14.6. The van der Waals surface area contributed by atoms with Crippen molar-refractivity contribution in [3.05, 3.63) is 35.4 Å². The Morgan fingerprint density at radius 3 is 2.50 bits per heavy atom. The average molecular weight is 273 g/mol. The van der Waals surface area contributed by atoms with Crippen molar-refractivity contribution in [2.24, 2.45) is 5.92 Å². The van der Waals surface area contributed by atoms with Crippen LogP contribution in [0.25, 0.3) is 0 Å². The molecule has 2 aliphatic rings. The quantitative estimate of drug-likeness (QED) is 0.699. The molecule has 2 heterocycles. The van der Waals surface area contributed by atoms with Crippen LogP contribution in [0, 0.1) is 5.92 Å². The van der Waals surface area contributed by atoms with E-state index in [0.29, 0.717) is 5.92 Å². The lowest BCUT2D eigenvalue weighted by atomic mass is 9.90. The Balaban J connectivity index is 1.96. The number of carbonyl (C=O) groups is 1. The van der Waals surface area contributed by atoms with Crippen LogP contribution in [0.15, 0.2) is 24.3 Å². The third-order valence-corrected chi connectivity index (χ3v) is 4.35. The summed E-state index contributed by atoms with van der Waals surface area (Å²) in [5, 5.41) is 0. The zero-order valence-electron chi connectivity index (χ0n) is 12.7. The predicted molar refractivity (Wildman–Crippen MR) is 78.4 cm³/mol. The molecule has 1 fully saturated rings. The number of benzene rings is 1. The molecule has 20 heavy (non-hydrogen) atoms. The monoisotopic (exact) mass is 273 g/mol. The highest BCUT2D eigenvalue weighted by Gasteiger charge is 2.47. The molecule has 1 amide bonds. The van der Waals surface area contributed by atoms with Crippen molar-refractivity contribution in [3.8, 4) is 0 Å². The molecular formula is C17H23NO2. The second kappa shape index (κ2) is 4.51. The molecule has 1 saturated heterocycles. The van der Waals surface area contributed by atoms with E-state index in [4.69, 9.17) is 4.74 Å². The molecule has 1 aromatic rings. The zero-order valence-corrected chi connectivity index (χ0v) is 12.7. The van der Waals surface area contributed by atoms with E-state index >= 15 is 0 Å². The third kappa shape index (κ3) is 2.09. The molecule has 3 nitrogen and oxygen atoms in total. The van der Waals surface area contributed by atoms with Gasteiger partial charge in [-0.25, -0.2) is 4.79 Å². The largest absolute Gasteiger partial charge is 0.444 e. The SMILES string of the molecule is CC1CCC2c3ccccc3C1N2C(=O)OC(C)(C)C. The first-order valence-corrected chi connectivity index (χ1v) is 7.48. The van der Waals surface area contributed by atoms with Gasteiger partial charge in [0, 0.05) is 0 Å². The van der Waals surface area contributed by atoms with E-state index in [0.717, 1.165) is 6.42 Å². The molecular weight excluding hydrogens is 250 g/mol. The van der Waals surface area contributed by atoms with Gasteiger partial charge in [0.05, 0.1) is 12.1 Å². The van der Waals surface area contributed by atoms with E-state index in [1.165, 1.54) is 17.5 Å². The number of ether oxygens (including phenoxy) is 1. The van der Waals surface area contributed by atoms with Crippen LogP contribution >= 0.6 is 0 Å². The Hall–Kier alpha value is -1.51. The summed E-state index contributed by atoms with van der Waals surface area (Å²) in [5.74, 6) is 0.488. The molecule has 3 heteroatoms. The number of hydrogen-bond donors (Lipinski definition) is 0. The van der Waals surface area contributed by atoms with E-state index in [-0.39, 0.29) is 18.2 Å². The van der Waals surface area contributed by atoms with E-state index in [2.05, 4.69) is 31.2 Å². The van der Waals surface area contributed by atoms with Gasteiger partial charge in [-0.15, -0.1) is 0 Å². The topological polar surface area (TPSA) is 29.5 Å². The van der Waals surface area contributed by atoms with Crippen molar-refractivity contribution in [2.75, 3.05) is 0 Å². The van der Waals surface area contributed by atoms with Gasteiger partial charge >= 0.3 is 6.09 Å². The fourth-order valence-corrected chi connectivity index (χ4v) is 3.59. The van der Waals surface area contributed by atoms with Crippen LogP contribution in [0.2, 0.25) is 0 Å². The highest BCUT2D eigenvalue weighted by Crippen LogP contribution is 2.53. The first-order chi connectivity index (χ1) is 9.38. The summed E-state index contributed by atoms with van der Waals surface area (Å²) in [5.41, 5.74) is 2.18. The second-order valence-corrected chi connectivity index (χ2v) is 7.03. The Labute approximate surface area is 120 Å². The van der Waals surface area contributed by atoms with Crippen molar-refractivity contribution in [1.29, 1.82) is 0 Å². The zero-order chi connectivity index (χ0) is 14.5. The van der Waals surface area contributed by atoms with Crippen LogP contribution in [0.5, 0.6) is 0 Å². The van der Waals surface area contributed by atoms with Crippen LogP contribution in [0.3, 0.4) is 0 Å². The molecule has 0 aliphatic carbocycles. The Bertz CT molecular complexity index is 532. The summed E-state index contributed by atoms with van der Waals surface area (Å²) < 4.78 is 5.62. The summed E-state index contributed by atoms with van der Waals surface area (Å²) >= 11 is 0. The second-order valence-electron chi connectivity index (χ2n) is 7.03. The third-order valence-electron chi connectivity index (χ3n) is 4.35.